The molecular weight excluding hydrogens is 194 g/mol. The third-order valence-electron chi connectivity index (χ3n) is 2.52. The first-order valence-electron chi connectivity index (χ1n) is 4.80. The molecule has 0 amide bonds. The van der Waals surface area contributed by atoms with Crippen LogP contribution in [-0.2, 0) is 23.1 Å². The van der Waals surface area contributed by atoms with E-state index in [1.807, 2.05) is 36.7 Å². The van der Waals surface area contributed by atoms with Crippen LogP contribution in [0.4, 0.5) is 0 Å². The van der Waals surface area contributed by atoms with Crippen molar-refractivity contribution in [2.75, 3.05) is 14.2 Å². The second-order valence-electron chi connectivity index (χ2n) is 3.57. The minimum Gasteiger partial charge on any atom is -0.468 e. The number of methoxy groups -OCH3 is 1. The molecule has 1 aromatic rings. The first kappa shape index (κ1) is 11.7. The molecule has 0 saturated heterocycles. The van der Waals surface area contributed by atoms with E-state index in [9.17, 15) is 4.79 Å². The summed E-state index contributed by atoms with van der Waals surface area (Å²) in [5.74, 6) is 0.694. The molecule has 1 heterocycles. The van der Waals surface area contributed by atoms with E-state index in [-0.39, 0.29) is 12.0 Å². The average molecular weight is 211 g/mol. The number of esters is 1. The molecule has 15 heavy (non-hydrogen) atoms. The normalized spacial score (nSPS) is 12.9. The Kier molecular flexibility index (Phi) is 3.85. The highest BCUT2D eigenvalue weighted by Gasteiger charge is 2.19. The third kappa shape index (κ3) is 2.79. The van der Waals surface area contributed by atoms with Crippen LogP contribution in [0.2, 0.25) is 0 Å². The summed E-state index contributed by atoms with van der Waals surface area (Å²) in [6.07, 6.45) is 3.62. The minimum atomic E-state index is -0.258. The fraction of sp³-hybridized carbons (Fsp3) is 0.600. The van der Waals surface area contributed by atoms with Crippen LogP contribution >= 0.6 is 0 Å². The van der Waals surface area contributed by atoms with Crippen molar-refractivity contribution in [1.82, 2.24) is 14.5 Å². The number of imidazole rings is 1. The number of hydrogen-bond acceptors (Lipinski definition) is 4. The summed E-state index contributed by atoms with van der Waals surface area (Å²) in [5.41, 5.74) is 0. The van der Waals surface area contributed by atoms with Crippen molar-refractivity contribution >= 4 is 5.97 Å². The largest absolute Gasteiger partial charge is 0.468 e. The molecule has 5 nitrogen and oxygen atoms in total. The van der Waals surface area contributed by atoms with E-state index >= 15 is 0 Å². The second kappa shape index (κ2) is 4.93. The Labute approximate surface area is 89.7 Å². The molecule has 0 aromatic carbocycles. The molecule has 0 saturated carbocycles. The van der Waals surface area contributed by atoms with Crippen molar-refractivity contribution in [3.8, 4) is 0 Å². The lowest BCUT2D eigenvalue weighted by molar-refractivity contribution is -0.146. The van der Waals surface area contributed by atoms with Crippen molar-refractivity contribution in [2.45, 2.75) is 19.5 Å². The number of aromatic nitrogens is 2. The van der Waals surface area contributed by atoms with Gasteiger partial charge in [0.25, 0.3) is 0 Å². The maximum atomic E-state index is 11.3. The third-order valence-corrected chi connectivity index (χ3v) is 2.52. The molecule has 5 heteroatoms. The van der Waals surface area contributed by atoms with Gasteiger partial charge in [0.15, 0.2) is 0 Å². The molecule has 0 aliphatic heterocycles. The van der Waals surface area contributed by atoms with Crippen LogP contribution in [0.15, 0.2) is 12.4 Å². The highest BCUT2D eigenvalue weighted by molar-refractivity contribution is 5.75. The van der Waals surface area contributed by atoms with Gasteiger partial charge in [-0.15, -0.1) is 0 Å². The number of hydrogen-bond donors (Lipinski definition) is 0. The fourth-order valence-electron chi connectivity index (χ4n) is 1.26. The van der Waals surface area contributed by atoms with Crippen LogP contribution in [0, 0.1) is 0 Å². The van der Waals surface area contributed by atoms with Crippen LogP contribution < -0.4 is 0 Å². The van der Waals surface area contributed by atoms with E-state index in [2.05, 4.69) is 9.72 Å². The van der Waals surface area contributed by atoms with Crippen LogP contribution in [0.1, 0.15) is 12.7 Å². The van der Waals surface area contributed by atoms with Gasteiger partial charge in [0, 0.05) is 19.4 Å². The summed E-state index contributed by atoms with van der Waals surface area (Å²) in [6, 6.07) is -0.258. The molecule has 84 valence electrons. The summed E-state index contributed by atoms with van der Waals surface area (Å²) >= 11 is 0. The maximum absolute atomic E-state index is 11.3. The zero-order chi connectivity index (χ0) is 11.4. The predicted molar refractivity (Wildman–Crippen MR) is 56.2 cm³/mol. The van der Waals surface area contributed by atoms with Gasteiger partial charge in [-0.05, 0) is 14.0 Å². The van der Waals surface area contributed by atoms with E-state index in [0.717, 1.165) is 5.82 Å². The van der Waals surface area contributed by atoms with Crippen molar-refractivity contribution in [1.29, 1.82) is 0 Å². The average Bonchev–Trinajstić information content (AvgIpc) is 2.62. The Morgan fingerprint density at radius 1 is 1.73 bits per heavy atom. The van der Waals surface area contributed by atoms with Crippen LogP contribution in [-0.4, -0.2) is 40.6 Å². The van der Waals surface area contributed by atoms with E-state index in [1.54, 1.807) is 6.20 Å². The lowest BCUT2D eigenvalue weighted by Gasteiger charge is -2.21. The molecule has 1 atom stereocenters. The van der Waals surface area contributed by atoms with Gasteiger partial charge < -0.3 is 9.30 Å². The maximum Gasteiger partial charge on any atom is 0.322 e. The standard InChI is InChI=1S/C10H17N3O2/c1-8(10(14)15-4)13(3)7-9-11-5-6-12(9)2/h5-6,8H,7H2,1-4H3. The van der Waals surface area contributed by atoms with Gasteiger partial charge in [0.1, 0.15) is 11.9 Å². The van der Waals surface area contributed by atoms with E-state index in [1.165, 1.54) is 7.11 Å². The molecule has 0 bridgehead atoms. The number of nitrogens with zero attached hydrogens (tertiary/aromatic N) is 3. The van der Waals surface area contributed by atoms with Gasteiger partial charge in [-0.3, -0.25) is 9.69 Å². The van der Waals surface area contributed by atoms with Gasteiger partial charge in [-0.1, -0.05) is 0 Å². The second-order valence-corrected chi connectivity index (χ2v) is 3.57. The number of ether oxygens (including phenoxy) is 1. The molecule has 0 radical (unpaired) electrons. The summed E-state index contributed by atoms with van der Waals surface area (Å²) < 4.78 is 6.61. The quantitative estimate of drug-likeness (QED) is 0.677. The van der Waals surface area contributed by atoms with Gasteiger partial charge >= 0.3 is 5.97 Å². The highest BCUT2D eigenvalue weighted by atomic mass is 16.5. The van der Waals surface area contributed by atoms with Gasteiger partial charge in [-0.25, -0.2) is 4.98 Å². The summed E-state index contributed by atoms with van der Waals surface area (Å²) in [5, 5.41) is 0. The SMILES string of the molecule is COC(=O)C(C)N(C)Cc1nccn1C. The Hall–Kier alpha value is -1.36. The zero-order valence-electron chi connectivity index (χ0n) is 9.60. The molecule has 1 unspecified atom stereocenters. The zero-order valence-corrected chi connectivity index (χ0v) is 9.60. The number of rotatable bonds is 4. The molecular formula is C10H17N3O2. The predicted octanol–water partition coefficient (Wildman–Crippen LogP) is 0.413. The van der Waals surface area contributed by atoms with Crippen molar-refractivity contribution in [3.05, 3.63) is 18.2 Å². The summed E-state index contributed by atoms with van der Waals surface area (Å²) in [6.45, 7) is 2.44. The van der Waals surface area contributed by atoms with Crippen LogP contribution in [0.25, 0.3) is 0 Å². The molecule has 0 N–H and O–H groups in total. The van der Waals surface area contributed by atoms with E-state index in [4.69, 9.17) is 0 Å². The first-order chi connectivity index (χ1) is 7.06. The molecule has 0 aliphatic carbocycles. The highest BCUT2D eigenvalue weighted by Crippen LogP contribution is 2.04. The Balaban J connectivity index is 2.59. The Morgan fingerprint density at radius 2 is 2.40 bits per heavy atom. The van der Waals surface area contributed by atoms with Crippen molar-refractivity contribution in [3.63, 3.8) is 0 Å². The first-order valence-corrected chi connectivity index (χ1v) is 4.80. The number of aryl methyl sites for hydroxylation is 1. The summed E-state index contributed by atoms with van der Waals surface area (Å²) in [4.78, 5) is 17.4. The fourth-order valence-corrected chi connectivity index (χ4v) is 1.26. The lowest BCUT2D eigenvalue weighted by atomic mass is 10.3. The monoisotopic (exact) mass is 211 g/mol. The van der Waals surface area contributed by atoms with Crippen LogP contribution in [0.3, 0.4) is 0 Å². The van der Waals surface area contributed by atoms with Gasteiger partial charge in [0.05, 0.1) is 13.7 Å². The van der Waals surface area contributed by atoms with Gasteiger partial charge in [-0.2, -0.15) is 0 Å². The Bertz CT molecular complexity index is 335. The minimum absolute atomic E-state index is 0.230. The number of likely N-dealkylation sites (N-methyl/N-ethyl adjacent to an activating group) is 1. The van der Waals surface area contributed by atoms with E-state index in [0.29, 0.717) is 6.54 Å². The smallest absolute Gasteiger partial charge is 0.322 e. The topological polar surface area (TPSA) is 47.4 Å². The molecule has 0 fully saturated rings. The molecule has 1 rings (SSSR count). The number of carbonyl (C=O) groups excluding carboxylic acids is 1. The van der Waals surface area contributed by atoms with Crippen molar-refractivity contribution < 1.29 is 9.53 Å². The van der Waals surface area contributed by atoms with Crippen LogP contribution in [0.5, 0.6) is 0 Å². The molecule has 0 aliphatic rings. The molecule has 1 aromatic heterocycles. The number of carbonyl (C=O) groups is 1. The lowest BCUT2D eigenvalue weighted by Crippen LogP contribution is -2.36. The van der Waals surface area contributed by atoms with Crippen molar-refractivity contribution in [2.24, 2.45) is 7.05 Å². The molecule has 0 spiro atoms. The van der Waals surface area contributed by atoms with E-state index < -0.39 is 0 Å². The Morgan fingerprint density at radius 3 is 2.87 bits per heavy atom. The van der Waals surface area contributed by atoms with Gasteiger partial charge in [0.2, 0.25) is 0 Å². The summed E-state index contributed by atoms with van der Waals surface area (Å²) in [7, 11) is 5.20.